The Hall–Kier alpha value is -1.88. The number of amides is 2. The molecule has 2 saturated carbocycles. The minimum atomic E-state index is -0.0146. The molecule has 1 heterocycles. The zero-order chi connectivity index (χ0) is 17.2. The Balaban J connectivity index is 1.25. The van der Waals surface area contributed by atoms with E-state index >= 15 is 0 Å². The van der Waals surface area contributed by atoms with E-state index < -0.39 is 0 Å². The minimum absolute atomic E-state index is 0.0146. The Morgan fingerprint density at radius 3 is 2.56 bits per heavy atom. The summed E-state index contributed by atoms with van der Waals surface area (Å²) in [5.41, 5.74) is 1.64. The third-order valence-corrected chi connectivity index (χ3v) is 5.76. The third-order valence-electron chi connectivity index (χ3n) is 5.76. The number of rotatable bonds is 6. The predicted octanol–water partition coefficient (Wildman–Crippen LogP) is 1.93. The second-order valence-electron chi connectivity index (χ2n) is 7.87. The van der Waals surface area contributed by atoms with Crippen LogP contribution in [0.25, 0.3) is 0 Å². The van der Waals surface area contributed by atoms with Crippen LogP contribution in [0.2, 0.25) is 0 Å². The molecule has 0 spiro atoms. The summed E-state index contributed by atoms with van der Waals surface area (Å²) in [5.74, 6) is 1.69. The van der Waals surface area contributed by atoms with Gasteiger partial charge in [-0.05, 0) is 55.2 Å². The van der Waals surface area contributed by atoms with Crippen LogP contribution in [0.5, 0.6) is 0 Å². The highest BCUT2D eigenvalue weighted by Gasteiger charge is 2.36. The fraction of sp³-hybridized carbons (Fsp3) is 0.600. The highest BCUT2D eigenvalue weighted by molar-refractivity contribution is 5.94. The third kappa shape index (κ3) is 4.21. The molecule has 0 radical (unpaired) electrons. The number of benzene rings is 1. The van der Waals surface area contributed by atoms with Gasteiger partial charge in [0.05, 0.1) is 6.54 Å². The van der Waals surface area contributed by atoms with Gasteiger partial charge in [0.2, 0.25) is 5.91 Å². The fourth-order valence-electron chi connectivity index (χ4n) is 4.24. The molecule has 2 atom stereocenters. The number of hydrogen-bond acceptors (Lipinski definition) is 3. The zero-order valence-corrected chi connectivity index (χ0v) is 14.7. The van der Waals surface area contributed by atoms with E-state index in [0.717, 1.165) is 43.3 Å². The smallest absolute Gasteiger partial charge is 0.251 e. The summed E-state index contributed by atoms with van der Waals surface area (Å²) in [6, 6.07) is 7.89. The second-order valence-corrected chi connectivity index (χ2v) is 7.87. The van der Waals surface area contributed by atoms with Gasteiger partial charge in [-0.3, -0.25) is 14.5 Å². The Morgan fingerprint density at radius 1 is 1.08 bits per heavy atom. The van der Waals surface area contributed by atoms with Crippen molar-refractivity contribution in [3.63, 3.8) is 0 Å². The molecule has 0 bridgehead atoms. The molecule has 2 aliphatic carbocycles. The number of nitrogens with zero attached hydrogens (tertiary/aromatic N) is 1. The highest BCUT2D eigenvalue weighted by atomic mass is 16.2. The Labute approximate surface area is 149 Å². The van der Waals surface area contributed by atoms with Gasteiger partial charge in [-0.1, -0.05) is 18.6 Å². The molecule has 3 fully saturated rings. The molecule has 134 valence electrons. The summed E-state index contributed by atoms with van der Waals surface area (Å²) >= 11 is 0. The molecule has 5 heteroatoms. The first-order valence-electron chi connectivity index (χ1n) is 9.56. The molecule has 2 N–H and O–H groups in total. The van der Waals surface area contributed by atoms with Gasteiger partial charge in [0, 0.05) is 31.2 Å². The molecule has 3 aliphatic rings. The number of nitrogens with one attached hydrogen (secondary N) is 2. The summed E-state index contributed by atoms with van der Waals surface area (Å²) in [7, 11) is 0. The van der Waals surface area contributed by atoms with Crippen molar-refractivity contribution in [1.29, 1.82) is 0 Å². The van der Waals surface area contributed by atoms with Gasteiger partial charge in [-0.25, -0.2) is 0 Å². The quantitative estimate of drug-likeness (QED) is 0.831. The fourth-order valence-corrected chi connectivity index (χ4v) is 4.24. The molecule has 1 saturated heterocycles. The molecular weight excluding hydrogens is 314 g/mol. The van der Waals surface area contributed by atoms with E-state index in [4.69, 9.17) is 0 Å². The van der Waals surface area contributed by atoms with Crippen molar-refractivity contribution in [3.8, 4) is 0 Å². The van der Waals surface area contributed by atoms with Crippen LogP contribution in [-0.4, -0.2) is 42.4 Å². The Kier molecular flexibility index (Phi) is 4.75. The molecule has 1 aromatic rings. The lowest BCUT2D eigenvalue weighted by Crippen LogP contribution is -2.36. The van der Waals surface area contributed by atoms with Crippen LogP contribution < -0.4 is 10.6 Å². The molecule has 5 nitrogen and oxygen atoms in total. The standard InChI is InChI=1S/C20H27N3O2/c24-19(13-23-11-16-5-2-6-17(16)12-23)21-10-14-3-1-4-15(9-14)20(25)22-18-7-8-18/h1,3-4,9,16-18H,2,5-8,10-13H2,(H,21,24)(H,22,25)/t16-,17+. The van der Waals surface area contributed by atoms with Crippen LogP contribution >= 0.6 is 0 Å². The van der Waals surface area contributed by atoms with E-state index in [-0.39, 0.29) is 11.8 Å². The molecule has 1 aliphatic heterocycles. The molecule has 25 heavy (non-hydrogen) atoms. The van der Waals surface area contributed by atoms with Gasteiger partial charge in [-0.2, -0.15) is 0 Å². The molecular formula is C20H27N3O2. The molecule has 0 aromatic heterocycles. The van der Waals surface area contributed by atoms with Crippen LogP contribution in [-0.2, 0) is 11.3 Å². The SMILES string of the molecule is O=C(CN1C[C@H]2CCC[C@H]2C1)NCc1cccc(C(=O)NC2CC2)c1. The van der Waals surface area contributed by atoms with Gasteiger partial charge >= 0.3 is 0 Å². The van der Waals surface area contributed by atoms with Crippen molar-refractivity contribution in [2.24, 2.45) is 11.8 Å². The largest absolute Gasteiger partial charge is 0.351 e. The Bertz CT molecular complexity index is 644. The van der Waals surface area contributed by atoms with Gasteiger partial charge in [0.1, 0.15) is 0 Å². The zero-order valence-electron chi connectivity index (χ0n) is 14.7. The predicted molar refractivity (Wildman–Crippen MR) is 96.0 cm³/mol. The second kappa shape index (κ2) is 7.16. The summed E-state index contributed by atoms with van der Waals surface area (Å²) in [5, 5.41) is 6.00. The maximum Gasteiger partial charge on any atom is 0.251 e. The number of likely N-dealkylation sites (tertiary alicyclic amines) is 1. The van der Waals surface area contributed by atoms with E-state index in [2.05, 4.69) is 15.5 Å². The van der Waals surface area contributed by atoms with Gasteiger partial charge in [-0.15, -0.1) is 0 Å². The maximum absolute atomic E-state index is 12.2. The van der Waals surface area contributed by atoms with E-state index in [1.165, 1.54) is 19.3 Å². The molecule has 2 amide bonds. The van der Waals surface area contributed by atoms with Crippen LogP contribution in [0.1, 0.15) is 48.0 Å². The van der Waals surface area contributed by atoms with E-state index in [9.17, 15) is 9.59 Å². The Morgan fingerprint density at radius 2 is 1.84 bits per heavy atom. The lowest BCUT2D eigenvalue weighted by molar-refractivity contribution is -0.122. The number of carbonyl (C=O) groups excluding carboxylic acids is 2. The summed E-state index contributed by atoms with van der Waals surface area (Å²) in [4.78, 5) is 26.6. The molecule has 1 aromatic carbocycles. The monoisotopic (exact) mass is 341 g/mol. The lowest BCUT2D eigenvalue weighted by Gasteiger charge is -2.16. The van der Waals surface area contributed by atoms with Crippen molar-refractivity contribution in [1.82, 2.24) is 15.5 Å². The van der Waals surface area contributed by atoms with Crippen LogP contribution in [0.4, 0.5) is 0 Å². The number of hydrogen-bond donors (Lipinski definition) is 2. The maximum atomic E-state index is 12.2. The van der Waals surface area contributed by atoms with Crippen molar-refractivity contribution in [2.45, 2.75) is 44.7 Å². The van der Waals surface area contributed by atoms with Gasteiger partial charge in [0.15, 0.2) is 0 Å². The first-order chi connectivity index (χ1) is 12.2. The van der Waals surface area contributed by atoms with Crippen LogP contribution in [0, 0.1) is 11.8 Å². The average molecular weight is 341 g/mol. The van der Waals surface area contributed by atoms with Crippen molar-refractivity contribution >= 4 is 11.8 Å². The number of fused-ring (bicyclic) bond motifs is 1. The first kappa shape index (κ1) is 16.6. The van der Waals surface area contributed by atoms with Crippen molar-refractivity contribution in [2.75, 3.05) is 19.6 Å². The normalized spacial score (nSPS) is 25.6. The van der Waals surface area contributed by atoms with Crippen molar-refractivity contribution < 1.29 is 9.59 Å². The van der Waals surface area contributed by atoms with E-state index in [1.54, 1.807) is 0 Å². The first-order valence-corrected chi connectivity index (χ1v) is 9.56. The molecule has 0 unspecified atom stereocenters. The van der Waals surface area contributed by atoms with Crippen molar-refractivity contribution in [3.05, 3.63) is 35.4 Å². The molecule has 4 rings (SSSR count). The van der Waals surface area contributed by atoms with Crippen LogP contribution in [0.15, 0.2) is 24.3 Å². The van der Waals surface area contributed by atoms with Crippen LogP contribution in [0.3, 0.4) is 0 Å². The topological polar surface area (TPSA) is 61.4 Å². The van der Waals surface area contributed by atoms with E-state index in [1.807, 2.05) is 24.3 Å². The minimum Gasteiger partial charge on any atom is -0.351 e. The summed E-state index contributed by atoms with van der Waals surface area (Å²) in [6.45, 7) is 3.13. The van der Waals surface area contributed by atoms with E-state index in [0.29, 0.717) is 24.7 Å². The van der Waals surface area contributed by atoms with Gasteiger partial charge in [0.25, 0.3) is 5.91 Å². The summed E-state index contributed by atoms with van der Waals surface area (Å²) in [6.07, 6.45) is 6.19. The average Bonchev–Trinajstić information content (AvgIpc) is 3.17. The van der Waals surface area contributed by atoms with Gasteiger partial charge < -0.3 is 10.6 Å². The number of carbonyl (C=O) groups is 2. The summed E-state index contributed by atoms with van der Waals surface area (Å²) < 4.78 is 0. The highest BCUT2D eigenvalue weighted by Crippen LogP contribution is 2.37. The lowest BCUT2D eigenvalue weighted by atomic mass is 10.0.